The van der Waals surface area contributed by atoms with Crippen LogP contribution in [0, 0.1) is 0 Å². The van der Waals surface area contributed by atoms with Gasteiger partial charge in [-0.15, -0.1) is 0 Å². The van der Waals surface area contributed by atoms with E-state index in [1.807, 2.05) is 18.3 Å². The fourth-order valence-corrected chi connectivity index (χ4v) is 2.58. The van der Waals surface area contributed by atoms with Crippen molar-refractivity contribution in [3.63, 3.8) is 0 Å². The zero-order valence-corrected chi connectivity index (χ0v) is 14.1. The van der Waals surface area contributed by atoms with Crippen molar-refractivity contribution in [2.24, 2.45) is 0 Å². The molecule has 1 aromatic heterocycles. The first-order chi connectivity index (χ1) is 10.2. The van der Waals surface area contributed by atoms with Gasteiger partial charge in [-0.05, 0) is 58.2 Å². The Morgan fingerprint density at radius 3 is 2.52 bits per heavy atom. The number of nitrogens with zero attached hydrogens (tertiary/aromatic N) is 1. The molecule has 0 spiro atoms. The molecule has 0 saturated carbocycles. The lowest BCUT2D eigenvalue weighted by Gasteiger charge is -2.19. The minimum Gasteiger partial charge on any atom is -0.494 e. The third-order valence-corrected chi connectivity index (χ3v) is 3.59. The minimum atomic E-state index is 0.139. The molecule has 21 heavy (non-hydrogen) atoms. The number of rotatable bonds is 7. The summed E-state index contributed by atoms with van der Waals surface area (Å²) in [5.74, 6) is 0.920. The lowest BCUT2D eigenvalue weighted by Crippen LogP contribution is -2.22. The smallest absolute Gasteiger partial charge is 0.119 e. The molecule has 1 heterocycles. The molecule has 1 N–H and O–H groups in total. The number of halogens is 1. The standard InChI is InChI=1S/C17H21BrN2O/c1-3-9-21-16-7-5-13(6-8-16)17(20-4-2)14-10-15(18)12-19-11-14/h5-8,10-12,17,20H,3-4,9H2,1-2H3. The molecule has 4 heteroatoms. The zero-order chi connectivity index (χ0) is 15.1. The molecule has 2 rings (SSSR count). The van der Waals surface area contributed by atoms with Gasteiger partial charge in [0.1, 0.15) is 5.75 Å². The largest absolute Gasteiger partial charge is 0.494 e. The van der Waals surface area contributed by atoms with Crippen LogP contribution in [0.3, 0.4) is 0 Å². The highest BCUT2D eigenvalue weighted by Gasteiger charge is 2.13. The molecule has 0 saturated heterocycles. The lowest BCUT2D eigenvalue weighted by molar-refractivity contribution is 0.317. The Balaban J connectivity index is 2.21. The van der Waals surface area contributed by atoms with E-state index in [1.54, 1.807) is 6.20 Å². The van der Waals surface area contributed by atoms with Gasteiger partial charge < -0.3 is 10.1 Å². The summed E-state index contributed by atoms with van der Waals surface area (Å²) in [6, 6.07) is 10.5. The fraction of sp³-hybridized carbons (Fsp3) is 0.353. The number of hydrogen-bond acceptors (Lipinski definition) is 3. The van der Waals surface area contributed by atoms with E-state index in [9.17, 15) is 0 Å². The number of benzene rings is 1. The molecule has 0 amide bonds. The number of hydrogen-bond donors (Lipinski definition) is 1. The van der Waals surface area contributed by atoms with Crippen LogP contribution in [-0.2, 0) is 0 Å². The van der Waals surface area contributed by atoms with Crippen molar-refractivity contribution in [1.82, 2.24) is 10.3 Å². The van der Waals surface area contributed by atoms with Crippen molar-refractivity contribution < 1.29 is 4.74 Å². The van der Waals surface area contributed by atoms with Crippen LogP contribution in [0.15, 0.2) is 47.2 Å². The molecular formula is C17H21BrN2O. The van der Waals surface area contributed by atoms with E-state index >= 15 is 0 Å². The summed E-state index contributed by atoms with van der Waals surface area (Å²) in [6.45, 7) is 5.86. The Morgan fingerprint density at radius 1 is 1.14 bits per heavy atom. The van der Waals surface area contributed by atoms with Crippen molar-refractivity contribution in [1.29, 1.82) is 0 Å². The van der Waals surface area contributed by atoms with Gasteiger partial charge in [0.25, 0.3) is 0 Å². The fourth-order valence-electron chi connectivity index (χ4n) is 2.19. The van der Waals surface area contributed by atoms with Crippen molar-refractivity contribution in [2.75, 3.05) is 13.2 Å². The van der Waals surface area contributed by atoms with Crippen LogP contribution >= 0.6 is 15.9 Å². The lowest BCUT2D eigenvalue weighted by atomic mass is 10.00. The molecule has 0 aliphatic rings. The van der Waals surface area contributed by atoms with Crippen LogP contribution < -0.4 is 10.1 Å². The second kappa shape index (κ2) is 8.15. The van der Waals surface area contributed by atoms with E-state index in [1.165, 1.54) is 5.56 Å². The van der Waals surface area contributed by atoms with E-state index in [2.05, 4.69) is 58.3 Å². The SMILES string of the molecule is CCCOc1ccc(C(NCC)c2cncc(Br)c2)cc1. The number of ether oxygens (including phenoxy) is 1. The first kappa shape index (κ1) is 16.0. The summed E-state index contributed by atoms with van der Waals surface area (Å²) >= 11 is 3.48. The van der Waals surface area contributed by atoms with Gasteiger partial charge in [0.15, 0.2) is 0 Å². The highest BCUT2D eigenvalue weighted by Crippen LogP contribution is 2.25. The van der Waals surface area contributed by atoms with Crippen LogP contribution in [0.4, 0.5) is 0 Å². The maximum absolute atomic E-state index is 5.63. The summed E-state index contributed by atoms with van der Waals surface area (Å²) < 4.78 is 6.63. The maximum atomic E-state index is 5.63. The van der Waals surface area contributed by atoms with Crippen molar-refractivity contribution in [3.8, 4) is 5.75 Å². The average Bonchev–Trinajstić information content (AvgIpc) is 2.51. The van der Waals surface area contributed by atoms with Gasteiger partial charge in [-0.1, -0.05) is 26.0 Å². The molecule has 0 aliphatic heterocycles. The van der Waals surface area contributed by atoms with Gasteiger partial charge in [-0.3, -0.25) is 4.98 Å². The second-order valence-corrected chi connectivity index (χ2v) is 5.76. The topological polar surface area (TPSA) is 34.1 Å². The first-order valence-electron chi connectivity index (χ1n) is 7.31. The normalized spacial score (nSPS) is 12.1. The number of aromatic nitrogens is 1. The maximum Gasteiger partial charge on any atom is 0.119 e. The average molecular weight is 349 g/mol. The van der Waals surface area contributed by atoms with Gasteiger partial charge in [0.2, 0.25) is 0 Å². The molecule has 1 unspecified atom stereocenters. The molecule has 3 nitrogen and oxygen atoms in total. The number of pyridine rings is 1. The quantitative estimate of drug-likeness (QED) is 0.808. The molecule has 1 aromatic carbocycles. The van der Waals surface area contributed by atoms with Crippen LogP contribution in [0.5, 0.6) is 5.75 Å². The highest BCUT2D eigenvalue weighted by molar-refractivity contribution is 9.10. The molecule has 0 fully saturated rings. The minimum absolute atomic E-state index is 0.139. The monoisotopic (exact) mass is 348 g/mol. The Hall–Kier alpha value is -1.39. The zero-order valence-electron chi connectivity index (χ0n) is 12.5. The van der Waals surface area contributed by atoms with Gasteiger partial charge >= 0.3 is 0 Å². The van der Waals surface area contributed by atoms with E-state index in [0.29, 0.717) is 0 Å². The Bertz CT molecular complexity index is 557. The third-order valence-electron chi connectivity index (χ3n) is 3.15. The van der Waals surface area contributed by atoms with Gasteiger partial charge in [-0.25, -0.2) is 0 Å². The van der Waals surface area contributed by atoms with Crippen molar-refractivity contribution in [2.45, 2.75) is 26.3 Å². The van der Waals surface area contributed by atoms with Gasteiger partial charge in [-0.2, -0.15) is 0 Å². The Kier molecular flexibility index (Phi) is 6.21. The second-order valence-electron chi connectivity index (χ2n) is 4.84. The van der Waals surface area contributed by atoms with Crippen LogP contribution in [0.2, 0.25) is 0 Å². The number of nitrogens with one attached hydrogen (secondary N) is 1. The molecule has 0 radical (unpaired) electrons. The van der Waals surface area contributed by atoms with Crippen LogP contribution in [0.25, 0.3) is 0 Å². The van der Waals surface area contributed by atoms with Gasteiger partial charge in [0, 0.05) is 16.9 Å². The van der Waals surface area contributed by atoms with Crippen LogP contribution in [0.1, 0.15) is 37.4 Å². The molecule has 0 bridgehead atoms. The highest BCUT2D eigenvalue weighted by atomic mass is 79.9. The van der Waals surface area contributed by atoms with Crippen molar-refractivity contribution in [3.05, 3.63) is 58.3 Å². The first-order valence-corrected chi connectivity index (χ1v) is 8.10. The van der Waals surface area contributed by atoms with Crippen LogP contribution in [-0.4, -0.2) is 18.1 Å². The van der Waals surface area contributed by atoms with Gasteiger partial charge in [0.05, 0.1) is 12.6 Å². The molecular weight excluding hydrogens is 328 g/mol. The molecule has 0 aliphatic carbocycles. The predicted molar refractivity (Wildman–Crippen MR) is 89.7 cm³/mol. The predicted octanol–water partition coefficient (Wildman–Crippen LogP) is 4.33. The Morgan fingerprint density at radius 2 is 1.90 bits per heavy atom. The van der Waals surface area contributed by atoms with E-state index in [4.69, 9.17) is 4.74 Å². The molecule has 112 valence electrons. The molecule has 2 aromatic rings. The summed E-state index contributed by atoms with van der Waals surface area (Å²) in [7, 11) is 0. The van der Waals surface area contributed by atoms with E-state index < -0.39 is 0 Å². The summed E-state index contributed by atoms with van der Waals surface area (Å²) in [5.41, 5.74) is 2.36. The van der Waals surface area contributed by atoms with Crippen molar-refractivity contribution >= 4 is 15.9 Å². The summed E-state index contributed by atoms with van der Waals surface area (Å²) in [6.07, 6.45) is 4.72. The van der Waals surface area contributed by atoms with E-state index in [-0.39, 0.29) is 6.04 Å². The summed E-state index contributed by atoms with van der Waals surface area (Å²) in [4.78, 5) is 4.26. The summed E-state index contributed by atoms with van der Waals surface area (Å²) in [5, 5.41) is 3.50. The molecule has 1 atom stereocenters. The Labute approximate surface area is 134 Å². The van der Waals surface area contributed by atoms with E-state index in [0.717, 1.165) is 35.4 Å². The third kappa shape index (κ3) is 4.55.